The average Bonchev–Trinajstić information content (AvgIpc) is 2.50. The van der Waals surface area contributed by atoms with Crippen molar-refractivity contribution >= 4 is 25.7 Å². The van der Waals surface area contributed by atoms with Crippen molar-refractivity contribution in [3.05, 3.63) is 54.1 Å². The molecule has 8 heteroatoms. The van der Waals surface area contributed by atoms with Crippen molar-refractivity contribution < 1.29 is 16.8 Å². The Kier molecular flexibility index (Phi) is 4.55. The minimum absolute atomic E-state index is 0.0308. The molecule has 0 radical (unpaired) electrons. The van der Waals surface area contributed by atoms with Crippen LogP contribution in [0.3, 0.4) is 0 Å². The molecule has 118 valence electrons. The average molecular weight is 340 g/mol. The normalized spacial score (nSPS) is 12.1. The summed E-state index contributed by atoms with van der Waals surface area (Å²) < 4.78 is 52.9. The molecule has 0 aliphatic carbocycles. The summed E-state index contributed by atoms with van der Waals surface area (Å²) in [5.41, 5.74) is 0.709. The molecule has 0 unspecified atom stereocenters. The Balaban J connectivity index is 2.42. The molecule has 0 fully saturated rings. The van der Waals surface area contributed by atoms with E-state index >= 15 is 0 Å². The molecule has 2 N–H and O–H groups in total. The molecular formula is C14H16N2O4S2. The van der Waals surface area contributed by atoms with Crippen molar-refractivity contribution in [2.75, 3.05) is 11.8 Å². The lowest BCUT2D eigenvalue weighted by Crippen LogP contribution is -2.20. The second-order valence-corrected chi connectivity index (χ2v) is 8.14. The van der Waals surface area contributed by atoms with E-state index in [9.17, 15) is 16.8 Å². The topological polar surface area (TPSA) is 92.3 Å². The van der Waals surface area contributed by atoms with E-state index in [4.69, 9.17) is 0 Å². The maximum atomic E-state index is 12.2. The van der Waals surface area contributed by atoms with Crippen LogP contribution in [0.1, 0.15) is 5.56 Å². The first-order valence-corrected chi connectivity index (χ1v) is 9.35. The lowest BCUT2D eigenvalue weighted by Gasteiger charge is -2.11. The van der Waals surface area contributed by atoms with Gasteiger partial charge in [-0.25, -0.2) is 21.6 Å². The zero-order chi connectivity index (χ0) is 16.4. The van der Waals surface area contributed by atoms with E-state index in [1.807, 2.05) is 0 Å². The SMILES string of the molecule is CNS(=O)(=O)c1cc(NS(=O)(=O)c2ccccc2)ccc1C. The molecule has 0 aliphatic heterocycles. The van der Waals surface area contributed by atoms with Crippen LogP contribution in [0.15, 0.2) is 58.3 Å². The Bertz CT molecular complexity index is 876. The fourth-order valence-electron chi connectivity index (χ4n) is 1.88. The highest BCUT2D eigenvalue weighted by atomic mass is 32.2. The second-order valence-electron chi connectivity index (χ2n) is 4.61. The molecule has 2 aromatic carbocycles. The molecule has 0 saturated heterocycles. The van der Waals surface area contributed by atoms with Crippen molar-refractivity contribution in [2.45, 2.75) is 16.7 Å². The monoisotopic (exact) mass is 340 g/mol. The maximum Gasteiger partial charge on any atom is 0.261 e. The fourth-order valence-corrected chi connectivity index (χ4v) is 3.94. The lowest BCUT2D eigenvalue weighted by atomic mass is 10.2. The predicted molar refractivity (Wildman–Crippen MR) is 84.7 cm³/mol. The van der Waals surface area contributed by atoms with Gasteiger partial charge in [-0.1, -0.05) is 24.3 Å². The molecular weight excluding hydrogens is 324 g/mol. The molecule has 0 aliphatic rings. The Morgan fingerprint density at radius 2 is 1.50 bits per heavy atom. The summed E-state index contributed by atoms with van der Waals surface area (Å²) in [7, 11) is -6.12. The third-order valence-electron chi connectivity index (χ3n) is 3.05. The molecule has 2 aromatic rings. The van der Waals surface area contributed by atoms with Gasteiger partial charge >= 0.3 is 0 Å². The van der Waals surface area contributed by atoms with Gasteiger partial charge in [0.15, 0.2) is 0 Å². The van der Waals surface area contributed by atoms with Gasteiger partial charge in [-0.05, 0) is 43.8 Å². The summed E-state index contributed by atoms with van der Waals surface area (Å²) >= 11 is 0. The summed E-state index contributed by atoms with van der Waals surface area (Å²) in [5, 5.41) is 0. The Hall–Kier alpha value is -1.90. The van der Waals surface area contributed by atoms with E-state index in [1.54, 1.807) is 31.2 Å². The summed E-state index contributed by atoms with van der Waals surface area (Å²) in [5.74, 6) is 0. The minimum Gasteiger partial charge on any atom is -0.280 e. The van der Waals surface area contributed by atoms with Gasteiger partial charge in [-0.2, -0.15) is 0 Å². The van der Waals surface area contributed by atoms with Gasteiger partial charge < -0.3 is 0 Å². The van der Waals surface area contributed by atoms with Crippen molar-refractivity contribution in [3.63, 3.8) is 0 Å². The number of hydrogen-bond donors (Lipinski definition) is 2. The van der Waals surface area contributed by atoms with Crippen molar-refractivity contribution in [1.82, 2.24) is 4.72 Å². The lowest BCUT2D eigenvalue weighted by molar-refractivity contribution is 0.587. The first-order valence-electron chi connectivity index (χ1n) is 6.38. The molecule has 0 atom stereocenters. The highest BCUT2D eigenvalue weighted by molar-refractivity contribution is 7.92. The number of nitrogens with one attached hydrogen (secondary N) is 2. The van der Waals surface area contributed by atoms with E-state index < -0.39 is 20.0 Å². The van der Waals surface area contributed by atoms with Crippen LogP contribution in [-0.4, -0.2) is 23.9 Å². The van der Waals surface area contributed by atoms with Gasteiger partial charge in [0, 0.05) is 0 Å². The summed E-state index contributed by atoms with van der Waals surface area (Å²) in [6, 6.07) is 12.2. The predicted octanol–water partition coefficient (Wildman–Crippen LogP) is 1.70. The van der Waals surface area contributed by atoms with Crippen molar-refractivity contribution in [2.24, 2.45) is 0 Å². The van der Waals surface area contributed by atoms with Crippen LogP contribution in [0.2, 0.25) is 0 Å². The highest BCUT2D eigenvalue weighted by Crippen LogP contribution is 2.22. The molecule has 0 spiro atoms. The molecule has 0 aromatic heterocycles. The maximum absolute atomic E-state index is 12.2. The van der Waals surface area contributed by atoms with E-state index in [-0.39, 0.29) is 15.5 Å². The highest BCUT2D eigenvalue weighted by Gasteiger charge is 2.18. The Morgan fingerprint density at radius 3 is 2.09 bits per heavy atom. The molecule has 2 rings (SSSR count). The number of hydrogen-bond acceptors (Lipinski definition) is 4. The number of rotatable bonds is 5. The zero-order valence-corrected chi connectivity index (χ0v) is 13.7. The smallest absolute Gasteiger partial charge is 0.261 e. The Morgan fingerprint density at radius 1 is 0.864 bits per heavy atom. The van der Waals surface area contributed by atoms with E-state index in [1.165, 1.54) is 31.3 Å². The third-order valence-corrected chi connectivity index (χ3v) is 6.01. The van der Waals surface area contributed by atoms with Crippen LogP contribution < -0.4 is 9.44 Å². The standard InChI is InChI=1S/C14H16N2O4S2/c1-11-8-9-12(10-14(11)22(19,20)15-2)16-21(17,18)13-6-4-3-5-7-13/h3-10,15-16H,1-2H3. The van der Waals surface area contributed by atoms with Crippen LogP contribution in [-0.2, 0) is 20.0 Å². The quantitative estimate of drug-likeness (QED) is 0.866. The van der Waals surface area contributed by atoms with E-state index in [2.05, 4.69) is 9.44 Å². The molecule has 22 heavy (non-hydrogen) atoms. The molecule has 0 bridgehead atoms. The largest absolute Gasteiger partial charge is 0.280 e. The number of anilines is 1. The van der Waals surface area contributed by atoms with Gasteiger partial charge in [-0.3, -0.25) is 4.72 Å². The summed E-state index contributed by atoms with van der Waals surface area (Å²) in [6.07, 6.45) is 0. The van der Waals surface area contributed by atoms with Crippen molar-refractivity contribution in [1.29, 1.82) is 0 Å². The van der Waals surface area contributed by atoms with Gasteiger partial charge in [0.2, 0.25) is 10.0 Å². The third kappa shape index (κ3) is 3.46. The van der Waals surface area contributed by atoms with E-state index in [0.29, 0.717) is 5.56 Å². The van der Waals surface area contributed by atoms with E-state index in [0.717, 1.165) is 0 Å². The van der Waals surface area contributed by atoms with Gasteiger partial charge in [-0.15, -0.1) is 0 Å². The molecule has 0 heterocycles. The first-order chi connectivity index (χ1) is 10.3. The minimum atomic E-state index is -3.76. The van der Waals surface area contributed by atoms with Gasteiger partial charge in [0.25, 0.3) is 10.0 Å². The molecule has 0 amide bonds. The van der Waals surface area contributed by atoms with Crippen LogP contribution in [0.5, 0.6) is 0 Å². The van der Waals surface area contributed by atoms with Crippen molar-refractivity contribution in [3.8, 4) is 0 Å². The van der Waals surface area contributed by atoms with Crippen LogP contribution in [0, 0.1) is 6.92 Å². The molecule has 0 saturated carbocycles. The van der Waals surface area contributed by atoms with Crippen LogP contribution >= 0.6 is 0 Å². The zero-order valence-electron chi connectivity index (χ0n) is 12.1. The van der Waals surface area contributed by atoms with Crippen LogP contribution in [0.25, 0.3) is 0 Å². The second kappa shape index (κ2) is 6.07. The number of aryl methyl sites for hydroxylation is 1. The molecule has 6 nitrogen and oxygen atoms in total. The Labute approximate surface area is 130 Å². The summed E-state index contributed by atoms with van der Waals surface area (Å²) in [4.78, 5) is 0.136. The van der Waals surface area contributed by atoms with Gasteiger partial charge in [0.05, 0.1) is 15.5 Å². The van der Waals surface area contributed by atoms with Crippen LogP contribution in [0.4, 0.5) is 5.69 Å². The number of benzene rings is 2. The summed E-state index contributed by atoms with van der Waals surface area (Å²) in [6.45, 7) is 1.64. The fraction of sp³-hybridized carbons (Fsp3) is 0.143. The van der Waals surface area contributed by atoms with Gasteiger partial charge in [0.1, 0.15) is 0 Å². The first kappa shape index (κ1) is 16.5. The number of sulfonamides is 2.